The zero-order valence-corrected chi connectivity index (χ0v) is 12.4. The maximum Gasteiger partial charge on any atom is 0.331 e. The lowest BCUT2D eigenvalue weighted by Crippen LogP contribution is -2.52. The van der Waals surface area contributed by atoms with Crippen LogP contribution in [0.25, 0.3) is 0 Å². The molecule has 1 N–H and O–H groups in total. The summed E-state index contributed by atoms with van der Waals surface area (Å²) in [5.74, 6) is -1.09. The van der Waals surface area contributed by atoms with Crippen LogP contribution in [0, 0.1) is 5.41 Å². The highest BCUT2D eigenvalue weighted by Crippen LogP contribution is 2.36. The van der Waals surface area contributed by atoms with Gasteiger partial charge in [-0.2, -0.15) is 0 Å². The summed E-state index contributed by atoms with van der Waals surface area (Å²) in [6.45, 7) is 7.37. The van der Waals surface area contributed by atoms with Gasteiger partial charge in [-0.15, -0.1) is 0 Å². The van der Waals surface area contributed by atoms with E-state index >= 15 is 0 Å². The molecule has 0 bridgehead atoms. The lowest BCUT2D eigenvalue weighted by atomic mass is 9.85. The maximum absolute atomic E-state index is 12.6. The molecule has 0 saturated carbocycles. The minimum Gasteiger partial charge on any atom is -0.479 e. The Morgan fingerprint density at radius 3 is 2.40 bits per heavy atom. The van der Waals surface area contributed by atoms with Crippen molar-refractivity contribution in [3.05, 3.63) is 35.4 Å². The minimum atomic E-state index is -0.971. The Hall–Kier alpha value is -1.84. The topological polar surface area (TPSA) is 57.6 Å². The Kier molecular flexibility index (Phi) is 3.59. The summed E-state index contributed by atoms with van der Waals surface area (Å²) >= 11 is 0. The highest BCUT2D eigenvalue weighted by Gasteiger charge is 2.42. The van der Waals surface area contributed by atoms with E-state index in [1.54, 1.807) is 0 Å². The van der Waals surface area contributed by atoms with Crippen LogP contribution in [0.2, 0.25) is 0 Å². The molecular weight excluding hydrogens is 254 g/mol. The highest BCUT2D eigenvalue weighted by molar-refractivity contribution is 5.88. The van der Waals surface area contributed by atoms with Crippen LogP contribution >= 0.6 is 0 Å². The van der Waals surface area contributed by atoms with Crippen molar-refractivity contribution in [2.45, 2.75) is 46.2 Å². The predicted octanol–water partition coefficient (Wildman–Crippen LogP) is 2.63. The number of hydrogen-bond donors (Lipinski definition) is 1. The summed E-state index contributed by atoms with van der Waals surface area (Å²) < 4.78 is 0. The largest absolute Gasteiger partial charge is 0.479 e. The van der Waals surface area contributed by atoms with Gasteiger partial charge in [0.1, 0.15) is 0 Å². The molecule has 1 heterocycles. The van der Waals surface area contributed by atoms with Crippen LogP contribution in [0.4, 0.5) is 0 Å². The lowest BCUT2D eigenvalue weighted by molar-refractivity contribution is -0.157. The van der Waals surface area contributed by atoms with Gasteiger partial charge in [-0.25, -0.2) is 4.79 Å². The van der Waals surface area contributed by atoms with E-state index < -0.39 is 17.4 Å². The zero-order chi connectivity index (χ0) is 15.1. The molecule has 0 fully saturated rings. The number of fused-ring (bicyclic) bond motifs is 1. The van der Waals surface area contributed by atoms with Crippen LogP contribution in [0.15, 0.2) is 24.3 Å². The van der Waals surface area contributed by atoms with Gasteiger partial charge in [-0.1, -0.05) is 45.0 Å². The Morgan fingerprint density at radius 2 is 1.85 bits per heavy atom. The summed E-state index contributed by atoms with van der Waals surface area (Å²) in [4.78, 5) is 25.9. The second kappa shape index (κ2) is 4.93. The van der Waals surface area contributed by atoms with E-state index in [1.165, 1.54) is 4.90 Å². The van der Waals surface area contributed by atoms with Crippen molar-refractivity contribution in [2.75, 3.05) is 0 Å². The average molecular weight is 275 g/mol. The van der Waals surface area contributed by atoms with Crippen molar-refractivity contribution in [3.8, 4) is 0 Å². The van der Waals surface area contributed by atoms with Crippen molar-refractivity contribution in [1.29, 1.82) is 0 Å². The van der Waals surface area contributed by atoms with E-state index in [0.717, 1.165) is 11.1 Å². The number of aliphatic carboxylic acids is 1. The fourth-order valence-electron chi connectivity index (χ4n) is 2.76. The van der Waals surface area contributed by atoms with Crippen molar-refractivity contribution < 1.29 is 14.7 Å². The summed E-state index contributed by atoms with van der Waals surface area (Å²) in [5, 5.41) is 9.59. The van der Waals surface area contributed by atoms with Crippen molar-refractivity contribution in [3.63, 3.8) is 0 Å². The first-order valence-corrected chi connectivity index (χ1v) is 6.87. The lowest BCUT2D eigenvalue weighted by Gasteiger charge is -2.42. The third-order valence-corrected chi connectivity index (χ3v) is 3.73. The molecule has 4 heteroatoms. The van der Waals surface area contributed by atoms with Gasteiger partial charge in [0.15, 0.2) is 6.04 Å². The van der Waals surface area contributed by atoms with Gasteiger partial charge in [0.25, 0.3) is 0 Å². The second-order valence-electron chi connectivity index (χ2n) is 6.46. The van der Waals surface area contributed by atoms with Crippen molar-refractivity contribution in [2.24, 2.45) is 5.41 Å². The molecule has 1 amide bonds. The quantitative estimate of drug-likeness (QED) is 0.857. The highest BCUT2D eigenvalue weighted by atomic mass is 16.4. The molecule has 4 nitrogen and oxygen atoms in total. The molecular formula is C16H21NO3. The molecule has 1 aromatic rings. The molecule has 0 radical (unpaired) electrons. The van der Waals surface area contributed by atoms with Crippen molar-refractivity contribution >= 4 is 11.9 Å². The normalized spacial score (nSPS) is 22.3. The zero-order valence-electron chi connectivity index (χ0n) is 12.4. The Labute approximate surface area is 119 Å². The number of rotatable bonds is 1. The maximum atomic E-state index is 12.6. The van der Waals surface area contributed by atoms with E-state index in [-0.39, 0.29) is 11.9 Å². The first-order valence-electron chi connectivity index (χ1n) is 6.87. The molecule has 1 aliphatic rings. The molecule has 0 aliphatic carbocycles. The fourth-order valence-corrected chi connectivity index (χ4v) is 2.76. The van der Waals surface area contributed by atoms with Gasteiger partial charge in [0.05, 0.1) is 0 Å². The van der Waals surface area contributed by atoms with Crippen LogP contribution in [0.1, 0.15) is 44.9 Å². The van der Waals surface area contributed by atoms with Gasteiger partial charge in [0.2, 0.25) is 5.91 Å². The number of carbonyl (C=O) groups excluding carboxylic acids is 1. The van der Waals surface area contributed by atoms with Gasteiger partial charge in [-0.05, 0) is 24.5 Å². The number of hydrogen-bond acceptors (Lipinski definition) is 2. The van der Waals surface area contributed by atoms with Gasteiger partial charge >= 0.3 is 5.97 Å². The summed E-state index contributed by atoms with van der Waals surface area (Å²) in [5.41, 5.74) is 1.16. The molecule has 1 aromatic carbocycles. The second-order valence-corrected chi connectivity index (χ2v) is 6.46. The Balaban J connectivity index is 2.52. The Bertz CT molecular complexity index is 545. The summed E-state index contributed by atoms with van der Waals surface area (Å²) in [6, 6.07) is 6.49. The van der Waals surface area contributed by atoms with Crippen molar-refractivity contribution in [1.82, 2.24) is 4.90 Å². The standard InChI is InChI=1S/C16H21NO3/c1-10-9-11-7-5-6-8-12(11)13(14(18)19)17(10)15(20)16(2,3)4/h5-8,10,13H,9H2,1-4H3,(H,18,19)/t10-,13?/m0/s1. The van der Waals surface area contributed by atoms with E-state index in [2.05, 4.69) is 0 Å². The third-order valence-electron chi connectivity index (χ3n) is 3.73. The van der Waals surface area contributed by atoms with Gasteiger partial charge in [-0.3, -0.25) is 4.79 Å². The first-order chi connectivity index (χ1) is 9.23. The number of carbonyl (C=O) groups is 2. The van der Waals surface area contributed by atoms with Crippen LogP contribution in [0.5, 0.6) is 0 Å². The number of benzene rings is 1. The van der Waals surface area contributed by atoms with Crippen LogP contribution in [0.3, 0.4) is 0 Å². The molecule has 0 saturated heterocycles. The molecule has 2 rings (SSSR count). The van der Waals surface area contributed by atoms with Gasteiger partial charge in [0, 0.05) is 11.5 Å². The van der Waals surface area contributed by atoms with Gasteiger partial charge < -0.3 is 10.0 Å². The number of carboxylic acids is 1. The summed E-state index contributed by atoms with van der Waals surface area (Å²) in [6.07, 6.45) is 0.696. The van der Waals surface area contributed by atoms with Crippen LogP contribution < -0.4 is 0 Å². The van der Waals surface area contributed by atoms with E-state index in [1.807, 2.05) is 52.0 Å². The smallest absolute Gasteiger partial charge is 0.331 e. The van der Waals surface area contributed by atoms with Crippen LogP contribution in [-0.4, -0.2) is 27.9 Å². The minimum absolute atomic E-state index is 0.113. The monoisotopic (exact) mass is 275 g/mol. The molecule has 0 aromatic heterocycles. The Morgan fingerprint density at radius 1 is 1.25 bits per heavy atom. The number of nitrogens with zero attached hydrogens (tertiary/aromatic N) is 1. The van der Waals surface area contributed by atoms with E-state index in [0.29, 0.717) is 6.42 Å². The average Bonchev–Trinajstić information content (AvgIpc) is 2.34. The predicted molar refractivity (Wildman–Crippen MR) is 76.3 cm³/mol. The SMILES string of the molecule is C[C@H]1Cc2ccccc2C(C(=O)O)N1C(=O)C(C)(C)C. The number of amides is 1. The third kappa shape index (κ3) is 2.42. The molecule has 2 atom stereocenters. The molecule has 20 heavy (non-hydrogen) atoms. The van der Waals surface area contributed by atoms with E-state index in [4.69, 9.17) is 0 Å². The molecule has 108 valence electrons. The summed E-state index contributed by atoms with van der Waals surface area (Å²) in [7, 11) is 0. The fraction of sp³-hybridized carbons (Fsp3) is 0.500. The molecule has 0 spiro atoms. The van der Waals surface area contributed by atoms with Crippen LogP contribution in [-0.2, 0) is 16.0 Å². The number of carboxylic acid groups (broad SMARTS) is 1. The van der Waals surface area contributed by atoms with E-state index in [9.17, 15) is 14.7 Å². The molecule has 1 aliphatic heterocycles. The first kappa shape index (κ1) is 14.6. The molecule has 1 unspecified atom stereocenters.